The number of phenols is 1. The van der Waals surface area contributed by atoms with E-state index in [1.807, 2.05) is 6.07 Å². The van der Waals surface area contributed by atoms with Gasteiger partial charge in [0.05, 0.1) is 0 Å². The molecule has 0 heterocycles. The first kappa shape index (κ1) is 10.3. The summed E-state index contributed by atoms with van der Waals surface area (Å²) in [5.41, 5.74) is 1.62. The molecule has 1 N–H and O–H groups in total. The van der Waals surface area contributed by atoms with Crippen molar-refractivity contribution in [2.45, 2.75) is 0 Å². The molecule has 2 aromatic rings. The van der Waals surface area contributed by atoms with Crippen molar-refractivity contribution in [3.8, 4) is 16.9 Å². The maximum absolute atomic E-state index is 9.35. The molecule has 0 saturated heterocycles. The maximum atomic E-state index is 9.35. The van der Waals surface area contributed by atoms with Crippen LogP contribution < -0.4 is 0 Å². The van der Waals surface area contributed by atoms with Crippen LogP contribution in [0, 0.1) is 6.07 Å². The van der Waals surface area contributed by atoms with Gasteiger partial charge in [-0.3, -0.25) is 0 Å². The van der Waals surface area contributed by atoms with Crippen molar-refractivity contribution in [1.29, 1.82) is 0 Å². The van der Waals surface area contributed by atoms with Gasteiger partial charge in [-0.1, -0.05) is 35.3 Å². The Morgan fingerprint density at radius 3 is 2.67 bits per heavy atom. The fourth-order valence-electron chi connectivity index (χ4n) is 1.34. The summed E-state index contributed by atoms with van der Waals surface area (Å²) in [4.78, 5) is 0. The van der Waals surface area contributed by atoms with Gasteiger partial charge in [-0.05, 0) is 29.8 Å². The summed E-state index contributed by atoms with van der Waals surface area (Å²) in [6.45, 7) is 0. The zero-order valence-corrected chi connectivity index (χ0v) is 9.18. The third-order valence-corrected chi connectivity index (χ3v) is 2.55. The lowest BCUT2D eigenvalue weighted by molar-refractivity contribution is 0.475. The van der Waals surface area contributed by atoms with Gasteiger partial charge in [-0.15, -0.1) is 0 Å². The molecule has 2 aromatic carbocycles. The predicted octanol–water partition coefficient (Wildman–Crippen LogP) is 4.17. The van der Waals surface area contributed by atoms with Crippen LogP contribution in [-0.4, -0.2) is 5.11 Å². The van der Waals surface area contributed by atoms with E-state index < -0.39 is 0 Å². The zero-order chi connectivity index (χ0) is 10.8. The van der Waals surface area contributed by atoms with Crippen LogP contribution in [0.1, 0.15) is 0 Å². The molecule has 0 unspecified atom stereocenters. The van der Waals surface area contributed by atoms with E-state index in [0.717, 1.165) is 11.1 Å². The standard InChI is InChI=1S/C12H7Cl2O/c13-9-4-5-12(14)11(7-9)8-2-1-3-10(15)6-8/h1-3,5-7,15H. The minimum atomic E-state index is 0.201. The van der Waals surface area contributed by atoms with Crippen molar-refractivity contribution in [2.24, 2.45) is 0 Å². The number of halogens is 2. The van der Waals surface area contributed by atoms with Crippen LogP contribution in [0.5, 0.6) is 5.75 Å². The second-order valence-electron chi connectivity index (χ2n) is 3.09. The number of aromatic hydroxyl groups is 1. The highest BCUT2D eigenvalue weighted by Gasteiger charge is 2.04. The van der Waals surface area contributed by atoms with Gasteiger partial charge in [-0.25, -0.2) is 0 Å². The van der Waals surface area contributed by atoms with Gasteiger partial charge in [0.2, 0.25) is 0 Å². The zero-order valence-electron chi connectivity index (χ0n) is 7.67. The van der Waals surface area contributed by atoms with E-state index in [4.69, 9.17) is 23.2 Å². The number of rotatable bonds is 1. The summed E-state index contributed by atoms with van der Waals surface area (Å²) < 4.78 is 0. The Balaban J connectivity index is 2.58. The molecule has 75 valence electrons. The van der Waals surface area contributed by atoms with Crippen LogP contribution in [0.2, 0.25) is 10.0 Å². The van der Waals surface area contributed by atoms with Crippen molar-refractivity contribution in [1.82, 2.24) is 0 Å². The van der Waals surface area contributed by atoms with Gasteiger partial charge in [0, 0.05) is 21.7 Å². The summed E-state index contributed by atoms with van der Waals surface area (Å²) in [6, 6.07) is 13.0. The number of phenolic OH excluding ortho intramolecular Hbond substituents is 1. The van der Waals surface area contributed by atoms with Crippen LogP contribution in [0.15, 0.2) is 36.4 Å². The first-order valence-corrected chi connectivity index (χ1v) is 5.08. The highest BCUT2D eigenvalue weighted by molar-refractivity contribution is 6.35. The van der Waals surface area contributed by atoms with Gasteiger partial charge in [0.1, 0.15) is 5.75 Å². The van der Waals surface area contributed by atoms with Gasteiger partial charge < -0.3 is 5.11 Å². The summed E-state index contributed by atoms with van der Waals surface area (Å²) in [5, 5.41) is 10.4. The molecule has 0 aliphatic rings. The molecule has 1 nitrogen and oxygen atoms in total. The monoisotopic (exact) mass is 237 g/mol. The van der Waals surface area contributed by atoms with E-state index in [9.17, 15) is 5.11 Å². The van der Waals surface area contributed by atoms with Crippen molar-refractivity contribution in [3.63, 3.8) is 0 Å². The van der Waals surface area contributed by atoms with E-state index in [2.05, 4.69) is 6.07 Å². The van der Waals surface area contributed by atoms with Gasteiger partial charge in [0.25, 0.3) is 0 Å². The Hall–Kier alpha value is -1.18. The van der Waals surface area contributed by atoms with Gasteiger partial charge >= 0.3 is 0 Å². The molecule has 0 aromatic heterocycles. The molecule has 2 rings (SSSR count). The van der Waals surface area contributed by atoms with Crippen molar-refractivity contribution in [3.05, 3.63) is 52.5 Å². The Kier molecular flexibility index (Phi) is 2.85. The molecule has 0 aliphatic heterocycles. The molecule has 1 radical (unpaired) electrons. The average Bonchev–Trinajstić information content (AvgIpc) is 2.22. The first-order chi connectivity index (χ1) is 7.16. The highest BCUT2D eigenvalue weighted by Crippen LogP contribution is 2.31. The normalized spacial score (nSPS) is 10.3. The van der Waals surface area contributed by atoms with Crippen molar-refractivity contribution in [2.75, 3.05) is 0 Å². The third-order valence-electron chi connectivity index (χ3n) is 2.02. The number of benzene rings is 2. The highest BCUT2D eigenvalue weighted by atomic mass is 35.5. The van der Waals surface area contributed by atoms with Crippen LogP contribution >= 0.6 is 23.2 Å². The van der Waals surface area contributed by atoms with E-state index in [0.29, 0.717) is 10.0 Å². The number of hydrogen-bond donors (Lipinski definition) is 1. The largest absolute Gasteiger partial charge is 0.508 e. The minimum absolute atomic E-state index is 0.201. The fraction of sp³-hybridized carbons (Fsp3) is 0. The van der Waals surface area contributed by atoms with Gasteiger partial charge in [-0.2, -0.15) is 0 Å². The predicted molar refractivity (Wildman–Crippen MR) is 62.4 cm³/mol. The Labute approximate surface area is 97.9 Å². The lowest BCUT2D eigenvalue weighted by Crippen LogP contribution is -1.79. The molecule has 0 fully saturated rings. The van der Waals surface area contributed by atoms with Crippen molar-refractivity contribution >= 4 is 23.2 Å². The molecule has 0 aliphatic carbocycles. The summed E-state index contributed by atoms with van der Waals surface area (Å²) in [5.74, 6) is 0.201. The number of hydrogen-bond acceptors (Lipinski definition) is 1. The Morgan fingerprint density at radius 1 is 1.13 bits per heavy atom. The summed E-state index contributed by atoms with van der Waals surface area (Å²) >= 11 is 11.8. The smallest absolute Gasteiger partial charge is 0.116 e. The molecule has 3 heteroatoms. The topological polar surface area (TPSA) is 20.2 Å². The Bertz CT molecular complexity index is 495. The molecular formula is C12H7Cl2O. The lowest BCUT2D eigenvalue weighted by atomic mass is 10.1. The Morgan fingerprint density at radius 2 is 1.93 bits per heavy atom. The van der Waals surface area contributed by atoms with E-state index in [1.54, 1.807) is 30.3 Å². The van der Waals surface area contributed by atoms with E-state index in [-0.39, 0.29) is 5.75 Å². The summed E-state index contributed by atoms with van der Waals surface area (Å²) in [7, 11) is 0. The average molecular weight is 238 g/mol. The minimum Gasteiger partial charge on any atom is -0.508 e. The SMILES string of the molecule is Oc1cccc(-c2cc(Cl)[c]cc2Cl)c1. The molecule has 0 spiro atoms. The molecular weight excluding hydrogens is 231 g/mol. The maximum Gasteiger partial charge on any atom is 0.116 e. The second kappa shape index (κ2) is 4.13. The second-order valence-corrected chi connectivity index (χ2v) is 3.91. The van der Waals surface area contributed by atoms with Crippen molar-refractivity contribution < 1.29 is 5.11 Å². The third kappa shape index (κ3) is 2.25. The molecule has 0 bridgehead atoms. The van der Waals surface area contributed by atoms with E-state index >= 15 is 0 Å². The van der Waals surface area contributed by atoms with Crippen LogP contribution in [0.3, 0.4) is 0 Å². The van der Waals surface area contributed by atoms with Gasteiger partial charge in [0.15, 0.2) is 0 Å². The molecule has 0 atom stereocenters. The molecule has 0 amide bonds. The lowest BCUT2D eigenvalue weighted by Gasteiger charge is -2.05. The molecule has 15 heavy (non-hydrogen) atoms. The quantitative estimate of drug-likeness (QED) is 0.790. The van der Waals surface area contributed by atoms with E-state index in [1.165, 1.54) is 0 Å². The summed E-state index contributed by atoms with van der Waals surface area (Å²) in [6.07, 6.45) is 0. The molecule has 0 saturated carbocycles. The van der Waals surface area contributed by atoms with Crippen LogP contribution in [0.25, 0.3) is 11.1 Å². The first-order valence-electron chi connectivity index (χ1n) is 4.33. The van der Waals surface area contributed by atoms with Crippen LogP contribution in [-0.2, 0) is 0 Å². The fourth-order valence-corrected chi connectivity index (χ4v) is 1.72. The van der Waals surface area contributed by atoms with Crippen LogP contribution in [0.4, 0.5) is 0 Å².